The molecule has 0 aromatic rings. The molecule has 0 bridgehead atoms. The molecule has 0 saturated carbocycles. The van der Waals surface area contributed by atoms with Gasteiger partial charge in [0.05, 0.1) is 18.7 Å². The van der Waals surface area contributed by atoms with Gasteiger partial charge in [-0.2, -0.15) is 0 Å². The van der Waals surface area contributed by atoms with Gasteiger partial charge in [-0.15, -0.1) is 0 Å². The summed E-state index contributed by atoms with van der Waals surface area (Å²) in [6.07, 6.45) is 1.61. The second-order valence-electron chi connectivity index (χ2n) is 3.98. The van der Waals surface area contributed by atoms with E-state index in [0.29, 0.717) is 18.5 Å². The van der Waals surface area contributed by atoms with Crippen LogP contribution < -0.4 is 5.32 Å². The Hall–Kier alpha value is -0.610. The quantitative estimate of drug-likeness (QED) is 0.693. The fourth-order valence-electron chi connectivity index (χ4n) is 2.10. The number of carbonyl (C=O) groups is 1. The van der Waals surface area contributed by atoms with Crippen LogP contribution in [0.1, 0.15) is 19.8 Å². The van der Waals surface area contributed by atoms with E-state index in [1.165, 1.54) is 0 Å². The van der Waals surface area contributed by atoms with Crippen LogP contribution in [0, 0.1) is 0 Å². The number of nitrogens with zero attached hydrogens (tertiary/aromatic N) is 1. The predicted molar refractivity (Wildman–Crippen MR) is 53.0 cm³/mol. The number of hydrogen-bond acceptors (Lipinski definition) is 3. The van der Waals surface area contributed by atoms with Gasteiger partial charge in [-0.05, 0) is 6.42 Å². The zero-order valence-corrected chi connectivity index (χ0v) is 8.66. The first-order valence-corrected chi connectivity index (χ1v) is 5.42. The van der Waals surface area contributed by atoms with Crippen LogP contribution in [-0.4, -0.2) is 49.2 Å². The van der Waals surface area contributed by atoms with Crippen LogP contribution in [0.3, 0.4) is 0 Å². The lowest BCUT2D eigenvalue weighted by Gasteiger charge is -2.41. The fraction of sp³-hybridized carbons (Fsp3) is 0.900. The van der Waals surface area contributed by atoms with Crippen LogP contribution in [0.4, 0.5) is 0 Å². The van der Waals surface area contributed by atoms with Gasteiger partial charge >= 0.3 is 0 Å². The first kappa shape index (κ1) is 9.93. The molecule has 80 valence electrons. The summed E-state index contributed by atoms with van der Waals surface area (Å²) in [5, 5.41) is 3.21. The summed E-state index contributed by atoms with van der Waals surface area (Å²) in [6.45, 7) is 5.35. The summed E-state index contributed by atoms with van der Waals surface area (Å²) in [4.78, 5) is 13.8. The minimum atomic E-state index is 0.270. The average molecular weight is 198 g/mol. The predicted octanol–water partition coefficient (Wildman–Crippen LogP) is -0.0143. The molecule has 4 heteroatoms. The minimum Gasteiger partial charge on any atom is -0.379 e. The van der Waals surface area contributed by atoms with Gasteiger partial charge in [0.2, 0.25) is 5.91 Å². The molecule has 1 atom stereocenters. The molecular weight excluding hydrogens is 180 g/mol. The van der Waals surface area contributed by atoms with Gasteiger partial charge in [0.1, 0.15) is 0 Å². The van der Waals surface area contributed by atoms with E-state index in [4.69, 9.17) is 4.74 Å². The van der Waals surface area contributed by atoms with Crippen molar-refractivity contribution in [2.75, 3.05) is 26.3 Å². The van der Waals surface area contributed by atoms with Gasteiger partial charge < -0.3 is 15.0 Å². The SMILES string of the molecule is CCC(=O)N(C1CNC1)C1CCOC1. The monoisotopic (exact) mass is 198 g/mol. The number of amides is 1. The van der Waals surface area contributed by atoms with Crippen LogP contribution in [0.25, 0.3) is 0 Å². The highest BCUT2D eigenvalue weighted by Gasteiger charge is 2.34. The van der Waals surface area contributed by atoms with Crippen molar-refractivity contribution in [2.24, 2.45) is 0 Å². The number of carbonyl (C=O) groups excluding carboxylic acids is 1. The third-order valence-corrected chi connectivity index (χ3v) is 3.04. The third kappa shape index (κ3) is 1.77. The van der Waals surface area contributed by atoms with Crippen LogP contribution in [0.5, 0.6) is 0 Å². The Morgan fingerprint density at radius 3 is 2.71 bits per heavy atom. The highest BCUT2D eigenvalue weighted by molar-refractivity contribution is 5.76. The van der Waals surface area contributed by atoms with E-state index >= 15 is 0 Å². The summed E-state index contributed by atoms with van der Waals surface area (Å²) >= 11 is 0. The largest absolute Gasteiger partial charge is 0.379 e. The molecule has 1 amide bonds. The molecule has 0 aromatic heterocycles. The third-order valence-electron chi connectivity index (χ3n) is 3.04. The van der Waals surface area contributed by atoms with Crippen molar-refractivity contribution >= 4 is 5.91 Å². The van der Waals surface area contributed by atoms with Crippen molar-refractivity contribution in [1.29, 1.82) is 0 Å². The zero-order valence-electron chi connectivity index (χ0n) is 8.66. The topological polar surface area (TPSA) is 41.6 Å². The van der Waals surface area contributed by atoms with Gasteiger partial charge in [-0.25, -0.2) is 0 Å². The summed E-state index contributed by atoms with van der Waals surface area (Å²) in [5.41, 5.74) is 0. The van der Waals surface area contributed by atoms with Gasteiger partial charge in [-0.1, -0.05) is 6.92 Å². The Kier molecular flexibility index (Phi) is 3.03. The van der Waals surface area contributed by atoms with Crippen molar-refractivity contribution in [3.05, 3.63) is 0 Å². The minimum absolute atomic E-state index is 0.270. The Morgan fingerprint density at radius 1 is 1.50 bits per heavy atom. The maximum atomic E-state index is 11.8. The number of hydrogen-bond donors (Lipinski definition) is 1. The molecule has 2 heterocycles. The maximum Gasteiger partial charge on any atom is 0.222 e. The molecule has 1 unspecified atom stereocenters. The second kappa shape index (κ2) is 4.28. The molecule has 2 fully saturated rings. The molecule has 0 spiro atoms. The first-order valence-electron chi connectivity index (χ1n) is 5.42. The van der Waals surface area contributed by atoms with Crippen molar-refractivity contribution in [2.45, 2.75) is 31.8 Å². The van der Waals surface area contributed by atoms with Crippen molar-refractivity contribution in [3.63, 3.8) is 0 Å². The molecule has 1 N–H and O–H groups in total. The highest BCUT2D eigenvalue weighted by atomic mass is 16.5. The van der Waals surface area contributed by atoms with Gasteiger partial charge in [0, 0.05) is 26.1 Å². The molecule has 2 aliphatic heterocycles. The van der Waals surface area contributed by atoms with Crippen LogP contribution in [-0.2, 0) is 9.53 Å². The Morgan fingerprint density at radius 2 is 2.29 bits per heavy atom. The molecule has 0 aliphatic carbocycles. The van der Waals surface area contributed by atoms with E-state index in [-0.39, 0.29) is 5.91 Å². The summed E-state index contributed by atoms with van der Waals surface area (Å²) in [5.74, 6) is 0.270. The van der Waals surface area contributed by atoms with Crippen molar-refractivity contribution in [1.82, 2.24) is 10.2 Å². The standard InChI is InChI=1S/C10H18N2O2/c1-2-10(13)12(9-5-11-6-9)8-3-4-14-7-8/h8-9,11H,2-7H2,1H3. The number of ether oxygens (including phenoxy) is 1. The van der Waals surface area contributed by atoms with E-state index in [1.54, 1.807) is 0 Å². The zero-order chi connectivity index (χ0) is 9.97. The normalized spacial score (nSPS) is 27.4. The first-order chi connectivity index (χ1) is 6.83. The Balaban J connectivity index is 2.00. The molecule has 2 rings (SSSR count). The lowest BCUT2D eigenvalue weighted by atomic mass is 10.1. The molecule has 2 saturated heterocycles. The van der Waals surface area contributed by atoms with Crippen molar-refractivity contribution < 1.29 is 9.53 Å². The van der Waals surface area contributed by atoms with Gasteiger partial charge in [0.15, 0.2) is 0 Å². The molecule has 14 heavy (non-hydrogen) atoms. The van der Waals surface area contributed by atoms with E-state index < -0.39 is 0 Å². The van der Waals surface area contributed by atoms with Crippen LogP contribution >= 0.6 is 0 Å². The lowest BCUT2D eigenvalue weighted by molar-refractivity contribution is -0.137. The van der Waals surface area contributed by atoms with E-state index in [2.05, 4.69) is 5.32 Å². The molecule has 0 radical (unpaired) electrons. The summed E-state index contributed by atoms with van der Waals surface area (Å²) in [7, 11) is 0. The van der Waals surface area contributed by atoms with E-state index in [1.807, 2.05) is 11.8 Å². The number of rotatable bonds is 3. The van der Waals surface area contributed by atoms with E-state index in [0.717, 1.165) is 32.7 Å². The number of nitrogens with one attached hydrogen (secondary N) is 1. The van der Waals surface area contributed by atoms with Gasteiger partial charge in [-0.3, -0.25) is 4.79 Å². The summed E-state index contributed by atoms with van der Waals surface area (Å²) in [6, 6.07) is 0.740. The van der Waals surface area contributed by atoms with Crippen LogP contribution in [0.15, 0.2) is 0 Å². The van der Waals surface area contributed by atoms with E-state index in [9.17, 15) is 4.79 Å². The molecular formula is C10H18N2O2. The van der Waals surface area contributed by atoms with Crippen LogP contribution in [0.2, 0.25) is 0 Å². The maximum absolute atomic E-state index is 11.8. The highest BCUT2D eigenvalue weighted by Crippen LogP contribution is 2.18. The Bertz CT molecular complexity index is 210. The molecule has 0 aromatic carbocycles. The fourth-order valence-corrected chi connectivity index (χ4v) is 2.10. The smallest absolute Gasteiger partial charge is 0.222 e. The average Bonchev–Trinajstić information content (AvgIpc) is 2.62. The molecule has 2 aliphatic rings. The lowest BCUT2D eigenvalue weighted by Crippen LogP contribution is -2.61. The second-order valence-corrected chi connectivity index (χ2v) is 3.98. The van der Waals surface area contributed by atoms with Crippen molar-refractivity contribution in [3.8, 4) is 0 Å². The Labute approximate surface area is 84.6 Å². The molecule has 4 nitrogen and oxygen atoms in total. The summed E-state index contributed by atoms with van der Waals surface area (Å²) < 4.78 is 5.34. The van der Waals surface area contributed by atoms with Gasteiger partial charge in [0.25, 0.3) is 0 Å².